The van der Waals surface area contributed by atoms with Gasteiger partial charge in [-0.15, -0.1) is 0 Å². The molecule has 14 heteroatoms. The highest BCUT2D eigenvalue weighted by Crippen LogP contribution is 2.34. The van der Waals surface area contributed by atoms with Crippen molar-refractivity contribution < 1.29 is 51.3 Å². The largest absolute Gasteiger partial charge is 0.462 e. The molecule has 3 amide bonds. The van der Waals surface area contributed by atoms with Crippen molar-refractivity contribution in [3.63, 3.8) is 0 Å². The quantitative estimate of drug-likeness (QED) is 0.0921. The van der Waals surface area contributed by atoms with E-state index >= 15 is 0 Å². The van der Waals surface area contributed by atoms with E-state index in [9.17, 15) is 32.3 Å². The smallest absolute Gasteiger partial charge is 0.416 e. The first-order valence-electron chi connectivity index (χ1n) is 16.5. The number of alkyl halides is 3. The molecule has 0 aliphatic heterocycles. The molecule has 3 aromatic rings. The molecule has 0 saturated carbocycles. The Morgan fingerprint density at radius 2 is 1.43 bits per heavy atom. The predicted molar refractivity (Wildman–Crippen MR) is 185 cm³/mol. The summed E-state index contributed by atoms with van der Waals surface area (Å²) in [4.78, 5) is 50.5. The minimum atomic E-state index is -4.46. The first-order valence-corrected chi connectivity index (χ1v) is 16.5. The van der Waals surface area contributed by atoms with Crippen molar-refractivity contribution in [3.05, 3.63) is 71.8 Å². The van der Waals surface area contributed by atoms with E-state index in [1.807, 2.05) is 0 Å². The van der Waals surface area contributed by atoms with Crippen molar-refractivity contribution in [2.24, 2.45) is 0 Å². The number of esters is 1. The number of carbonyl (C=O) groups is 4. The van der Waals surface area contributed by atoms with E-state index in [-0.39, 0.29) is 18.8 Å². The number of amides is 3. The van der Waals surface area contributed by atoms with Crippen molar-refractivity contribution >= 4 is 34.8 Å². The average molecular weight is 718 g/mol. The summed E-state index contributed by atoms with van der Waals surface area (Å²) in [6.07, 6.45) is -4.64. The fraction of sp³-hybridized carbons (Fsp3) is 0.459. The number of halogens is 3. The van der Waals surface area contributed by atoms with Crippen molar-refractivity contribution in [1.29, 1.82) is 0 Å². The number of benzene rings is 3. The molecule has 0 bridgehead atoms. The Hall–Kier alpha value is -5.01. The van der Waals surface area contributed by atoms with Crippen LogP contribution in [0.3, 0.4) is 0 Å². The van der Waals surface area contributed by atoms with Gasteiger partial charge in [0.2, 0.25) is 0 Å². The van der Waals surface area contributed by atoms with Crippen LogP contribution in [0.4, 0.5) is 22.8 Å². The zero-order valence-electron chi connectivity index (χ0n) is 29.9. The van der Waals surface area contributed by atoms with Gasteiger partial charge in [0.25, 0.3) is 5.91 Å². The van der Waals surface area contributed by atoms with Crippen molar-refractivity contribution in [1.82, 2.24) is 16.0 Å². The van der Waals surface area contributed by atoms with Crippen LogP contribution in [-0.4, -0.2) is 60.5 Å². The number of rotatable bonds is 13. The topological polar surface area (TPSA) is 141 Å². The van der Waals surface area contributed by atoms with Crippen molar-refractivity contribution in [2.45, 2.75) is 97.2 Å². The first kappa shape index (κ1) is 40.4. The molecule has 278 valence electrons. The summed E-state index contributed by atoms with van der Waals surface area (Å²) >= 11 is 0. The summed E-state index contributed by atoms with van der Waals surface area (Å²) < 4.78 is 60.6. The zero-order chi connectivity index (χ0) is 38.0. The molecule has 0 aliphatic carbocycles. The van der Waals surface area contributed by atoms with Gasteiger partial charge < -0.3 is 34.9 Å². The third-order valence-electron chi connectivity index (χ3n) is 6.93. The third-order valence-corrected chi connectivity index (χ3v) is 6.93. The standard InChI is InChI=1S/C37H46F3N3O8/c1-23(22-48-32(45)29(43-34(47)51-36(5,6)7)12-8-9-20-41-33(46)50-35(2,3)4)42-31(44)25-14-19-28-24(21-25)11-10-13-30(28)49-27-17-15-26(16-18-27)37(38,39)40/h10-11,13-19,21,23,29H,8-9,12,20,22H2,1-7H3,(H,41,46)(H,42,44)(H,43,47)/t23-,29+/m1/s1. The normalized spacial score (nSPS) is 13.1. The fourth-order valence-electron chi connectivity index (χ4n) is 4.66. The number of hydrogen-bond donors (Lipinski definition) is 3. The number of unbranched alkanes of at least 4 members (excludes halogenated alkanes) is 1. The van der Waals surface area contributed by atoms with E-state index in [2.05, 4.69) is 16.0 Å². The van der Waals surface area contributed by atoms with E-state index in [0.717, 1.165) is 12.1 Å². The fourth-order valence-corrected chi connectivity index (χ4v) is 4.66. The van der Waals surface area contributed by atoms with Crippen LogP contribution >= 0.6 is 0 Å². The Morgan fingerprint density at radius 3 is 2.06 bits per heavy atom. The highest BCUT2D eigenvalue weighted by Gasteiger charge is 2.30. The van der Waals surface area contributed by atoms with Gasteiger partial charge in [-0.25, -0.2) is 14.4 Å². The number of alkyl carbamates (subject to hydrolysis) is 2. The molecule has 11 nitrogen and oxygen atoms in total. The van der Waals surface area contributed by atoms with Crippen LogP contribution in [0.1, 0.15) is 83.7 Å². The second-order valence-corrected chi connectivity index (χ2v) is 13.9. The van der Waals surface area contributed by atoms with Gasteiger partial charge in [0.1, 0.15) is 35.3 Å². The molecular weight excluding hydrogens is 671 g/mol. The Bertz CT molecular complexity index is 1660. The molecule has 0 radical (unpaired) electrons. The lowest BCUT2D eigenvalue weighted by atomic mass is 10.1. The van der Waals surface area contributed by atoms with Crippen molar-refractivity contribution in [2.75, 3.05) is 13.2 Å². The van der Waals surface area contributed by atoms with Crippen LogP contribution in [-0.2, 0) is 25.2 Å². The summed E-state index contributed by atoms with van der Waals surface area (Å²) in [6, 6.07) is 12.7. The van der Waals surface area contributed by atoms with E-state index in [1.54, 1.807) is 84.9 Å². The molecule has 0 heterocycles. The van der Waals surface area contributed by atoms with Crippen molar-refractivity contribution in [3.8, 4) is 11.5 Å². The second kappa shape index (κ2) is 17.3. The number of nitrogens with one attached hydrogen (secondary N) is 3. The van der Waals surface area contributed by atoms with Gasteiger partial charge in [0, 0.05) is 17.5 Å². The summed E-state index contributed by atoms with van der Waals surface area (Å²) in [5.41, 5.74) is -1.90. The molecule has 2 atom stereocenters. The van der Waals surface area contributed by atoms with Crippen LogP contribution in [0.25, 0.3) is 10.8 Å². The van der Waals surface area contributed by atoms with Gasteiger partial charge in [-0.2, -0.15) is 13.2 Å². The monoisotopic (exact) mass is 717 g/mol. The lowest BCUT2D eigenvalue weighted by molar-refractivity contribution is -0.147. The summed E-state index contributed by atoms with van der Waals surface area (Å²) in [5.74, 6) is -0.531. The van der Waals surface area contributed by atoms with Gasteiger partial charge >= 0.3 is 24.3 Å². The van der Waals surface area contributed by atoms with Gasteiger partial charge in [-0.1, -0.05) is 12.1 Å². The van der Waals surface area contributed by atoms with Crippen LogP contribution in [0.2, 0.25) is 0 Å². The van der Waals surface area contributed by atoms with Crippen LogP contribution < -0.4 is 20.7 Å². The SMILES string of the molecule is C[C@H](COC(=O)[C@H](CCCCNC(=O)OC(C)(C)C)NC(=O)OC(C)(C)C)NC(=O)c1ccc2c(Oc3ccc(C(F)(F)F)cc3)cccc2c1. The predicted octanol–water partition coefficient (Wildman–Crippen LogP) is 7.90. The minimum Gasteiger partial charge on any atom is -0.462 e. The first-order chi connectivity index (χ1) is 23.7. The number of hydrogen-bond acceptors (Lipinski definition) is 8. The average Bonchev–Trinajstić information content (AvgIpc) is 3.01. The molecule has 51 heavy (non-hydrogen) atoms. The van der Waals surface area contributed by atoms with Crippen LogP contribution in [0.5, 0.6) is 11.5 Å². The molecule has 3 rings (SSSR count). The Labute approximate surface area is 295 Å². The number of carbonyl (C=O) groups excluding carboxylic acids is 4. The Morgan fingerprint density at radius 1 is 0.784 bits per heavy atom. The van der Waals surface area contributed by atoms with E-state index in [0.29, 0.717) is 41.5 Å². The maximum Gasteiger partial charge on any atom is 0.416 e. The number of fused-ring (bicyclic) bond motifs is 1. The molecule has 0 saturated heterocycles. The van der Waals surface area contributed by atoms with Crippen LogP contribution in [0, 0.1) is 0 Å². The molecule has 0 spiro atoms. The van der Waals surface area contributed by atoms with Gasteiger partial charge in [0.15, 0.2) is 0 Å². The number of ether oxygens (including phenoxy) is 4. The molecule has 0 aliphatic rings. The minimum absolute atomic E-state index is 0.185. The maximum atomic E-state index is 13.1. The molecule has 0 fully saturated rings. The zero-order valence-corrected chi connectivity index (χ0v) is 29.9. The van der Waals surface area contributed by atoms with E-state index in [1.165, 1.54) is 12.1 Å². The molecule has 0 aromatic heterocycles. The summed E-state index contributed by atoms with van der Waals surface area (Å²) in [6.45, 7) is 12.1. The van der Waals surface area contributed by atoms with Crippen LogP contribution in [0.15, 0.2) is 60.7 Å². The maximum absolute atomic E-state index is 13.1. The Kier molecular flexibility index (Phi) is 13.7. The molecule has 0 unspecified atom stereocenters. The lowest BCUT2D eigenvalue weighted by Crippen LogP contribution is -2.45. The highest BCUT2D eigenvalue weighted by molar-refractivity contribution is 6.00. The lowest BCUT2D eigenvalue weighted by Gasteiger charge is -2.23. The summed E-state index contributed by atoms with van der Waals surface area (Å²) in [7, 11) is 0. The van der Waals surface area contributed by atoms with Gasteiger partial charge in [-0.3, -0.25) is 4.79 Å². The van der Waals surface area contributed by atoms with Gasteiger partial charge in [0.05, 0.1) is 11.6 Å². The summed E-state index contributed by atoms with van der Waals surface area (Å²) in [5, 5.41) is 9.27. The Balaban J connectivity index is 1.57. The van der Waals surface area contributed by atoms with E-state index < -0.39 is 59.1 Å². The molecular formula is C37H46F3N3O8. The van der Waals surface area contributed by atoms with E-state index in [4.69, 9.17) is 18.9 Å². The molecule has 3 aromatic carbocycles. The molecule has 3 N–H and O–H groups in total. The van der Waals surface area contributed by atoms with Gasteiger partial charge in [-0.05, 0) is 122 Å². The third kappa shape index (κ3) is 14.0. The highest BCUT2D eigenvalue weighted by atomic mass is 19.4. The second-order valence-electron chi connectivity index (χ2n) is 13.9.